The molecular formula is C21H32OS. The third kappa shape index (κ3) is 3.08. The summed E-state index contributed by atoms with van der Waals surface area (Å²) < 4.78 is 0. The number of ketones is 1. The molecule has 1 saturated carbocycles. The number of allylic oxidation sites excluding steroid dienone is 4. The molecule has 0 aromatic rings. The Hall–Kier alpha value is -0.500. The first kappa shape index (κ1) is 17.3. The first-order valence-corrected chi connectivity index (χ1v) is 10.5. The highest BCUT2D eigenvalue weighted by Gasteiger charge is 2.49. The lowest BCUT2D eigenvalue weighted by Gasteiger charge is -2.38. The van der Waals surface area contributed by atoms with E-state index in [4.69, 9.17) is 0 Å². The average Bonchev–Trinajstić information content (AvgIpc) is 2.76. The Morgan fingerprint density at radius 2 is 1.87 bits per heavy atom. The SMILES string of the molecule is CCCCSC1=C2C(=O)C[C@]3(C)CCCC(C)=C3C[C@@]2(C)CC1. The second-order valence-electron chi connectivity index (χ2n) is 8.51. The molecule has 3 aliphatic carbocycles. The summed E-state index contributed by atoms with van der Waals surface area (Å²) in [6.07, 6.45) is 10.4. The van der Waals surface area contributed by atoms with Crippen LogP contribution in [0.2, 0.25) is 0 Å². The van der Waals surface area contributed by atoms with Gasteiger partial charge < -0.3 is 0 Å². The maximum atomic E-state index is 13.2. The molecule has 2 atom stereocenters. The number of carbonyl (C=O) groups is 1. The quantitative estimate of drug-likeness (QED) is 0.435. The lowest BCUT2D eigenvalue weighted by Crippen LogP contribution is -2.26. The summed E-state index contributed by atoms with van der Waals surface area (Å²) in [5, 5.41) is 0. The standard InChI is InChI=1S/C21H32OS/c1-5-6-12-23-18-9-11-21(4)13-16-15(2)8-7-10-20(16,3)14-17(22)19(18)21/h5-14H2,1-4H3/t20-,21+/m0/s1. The number of thioether (sulfide) groups is 1. The van der Waals surface area contributed by atoms with Gasteiger partial charge in [-0.3, -0.25) is 4.79 Å². The van der Waals surface area contributed by atoms with Gasteiger partial charge in [-0.25, -0.2) is 0 Å². The first-order valence-electron chi connectivity index (χ1n) is 9.48. The van der Waals surface area contributed by atoms with Crippen molar-refractivity contribution in [2.45, 2.75) is 85.5 Å². The van der Waals surface area contributed by atoms with Crippen molar-refractivity contribution in [3.05, 3.63) is 21.6 Å². The molecule has 0 spiro atoms. The van der Waals surface area contributed by atoms with Gasteiger partial charge in [0.05, 0.1) is 0 Å². The van der Waals surface area contributed by atoms with Crippen LogP contribution in [0, 0.1) is 10.8 Å². The molecule has 3 rings (SSSR count). The van der Waals surface area contributed by atoms with Gasteiger partial charge in [-0.2, -0.15) is 0 Å². The van der Waals surface area contributed by atoms with E-state index in [-0.39, 0.29) is 10.8 Å². The number of unbranched alkanes of at least 4 members (excludes halogenated alkanes) is 1. The Morgan fingerprint density at radius 3 is 2.61 bits per heavy atom. The maximum absolute atomic E-state index is 13.2. The van der Waals surface area contributed by atoms with E-state index in [0.717, 1.165) is 19.3 Å². The Labute approximate surface area is 146 Å². The summed E-state index contributed by atoms with van der Waals surface area (Å²) in [4.78, 5) is 14.7. The van der Waals surface area contributed by atoms with Crippen LogP contribution in [0.25, 0.3) is 0 Å². The summed E-state index contributed by atoms with van der Waals surface area (Å²) in [6, 6.07) is 0. The van der Waals surface area contributed by atoms with Crippen molar-refractivity contribution in [2.24, 2.45) is 10.8 Å². The zero-order valence-corrected chi connectivity index (χ0v) is 16.2. The monoisotopic (exact) mass is 332 g/mol. The van der Waals surface area contributed by atoms with Gasteiger partial charge in [0.25, 0.3) is 0 Å². The third-order valence-corrected chi connectivity index (χ3v) is 7.73. The van der Waals surface area contributed by atoms with E-state index >= 15 is 0 Å². The molecule has 0 unspecified atom stereocenters. The van der Waals surface area contributed by atoms with Crippen LogP contribution in [0.3, 0.4) is 0 Å². The topological polar surface area (TPSA) is 17.1 Å². The van der Waals surface area contributed by atoms with Crippen molar-refractivity contribution in [2.75, 3.05) is 5.75 Å². The fourth-order valence-corrected chi connectivity index (χ4v) is 6.51. The van der Waals surface area contributed by atoms with Crippen molar-refractivity contribution in [3.63, 3.8) is 0 Å². The second-order valence-corrected chi connectivity index (χ2v) is 9.70. The molecule has 128 valence electrons. The second kappa shape index (κ2) is 6.43. The van der Waals surface area contributed by atoms with Crippen LogP contribution in [-0.4, -0.2) is 11.5 Å². The number of carbonyl (C=O) groups excluding carboxylic acids is 1. The predicted octanol–water partition coefficient (Wildman–Crippen LogP) is 6.44. The van der Waals surface area contributed by atoms with E-state index < -0.39 is 0 Å². The van der Waals surface area contributed by atoms with Crippen molar-refractivity contribution in [1.82, 2.24) is 0 Å². The minimum Gasteiger partial charge on any atom is -0.294 e. The minimum atomic E-state index is 0.108. The zero-order chi connectivity index (χ0) is 16.7. The van der Waals surface area contributed by atoms with Gasteiger partial charge in [-0.05, 0) is 67.9 Å². The molecule has 0 amide bonds. The fourth-order valence-electron chi connectivity index (χ4n) is 5.08. The van der Waals surface area contributed by atoms with Gasteiger partial charge in [0.1, 0.15) is 0 Å². The first-order chi connectivity index (χ1) is 10.9. The smallest absolute Gasteiger partial charge is 0.161 e. The molecule has 0 aromatic heterocycles. The molecule has 0 bridgehead atoms. The minimum absolute atomic E-state index is 0.108. The highest BCUT2D eigenvalue weighted by atomic mass is 32.2. The summed E-state index contributed by atoms with van der Waals surface area (Å²) in [6.45, 7) is 9.29. The Morgan fingerprint density at radius 1 is 1.09 bits per heavy atom. The van der Waals surface area contributed by atoms with E-state index in [0.29, 0.717) is 5.78 Å². The molecule has 0 aromatic carbocycles. The van der Waals surface area contributed by atoms with Crippen LogP contribution in [0.4, 0.5) is 0 Å². The van der Waals surface area contributed by atoms with E-state index in [2.05, 4.69) is 27.7 Å². The van der Waals surface area contributed by atoms with Gasteiger partial charge in [-0.1, -0.05) is 38.3 Å². The van der Waals surface area contributed by atoms with Crippen molar-refractivity contribution in [3.8, 4) is 0 Å². The Bertz CT molecular complexity index is 570. The molecule has 2 heteroatoms. The van der Waals surface area contributed by atoms with Crippen molar-refractivity contribution < 1.29 is 4.79 Å². The summed E-state index contributed by atoms with van der Waals surface area (Å²) in [5.74, 6) is 1.65. The molecule has 0 aliphatic heterocycles. The number of hydrogen-bond donors (Lipinski definition) is 0. The molecule has 0 N–H and O–H groups in total. The molecule has 23 heavy (non-hydrogen) atoms. The van der Waals surface area contributed by atoms with Crippen molar-refractivity contribution >= 4 is 17.5 Å². The summed E-state index contributed by atoms with van der Waals surface area (Å²) >= 11 is 1.98. The molecule has 1 fully saturated rings. The van der Waals surface area contributed by atoms with Gasteiger partial charge in [0.2, 0.25) is 0 Å². The predicted molar refractivity (Wildman–Crippen MR) is 101 cm³/mol. The van der Waals surface area contributed by atoms with Crippen LogP contribution in [-0.2, 0) is 4.79 Å². The van der Waals surface area contributed by atoms with E-state index in [1.807, 2.05) is 11.8 Å². The van der Waals surface area contributed by atoms with Gasteiger partial charge in [0, 0.05) is 17.4 Å². The fraction of sp³-hybridized carbons (Fsp3) is 0.762. The summed E-state index contributed by atoms with van der Waals surface area (Å²) in [5.41, 5.74) is 4.70. The van der Waals surface area contributed by atoms with Crippen molar-refractivity contribution in [1.29, 1.82) is 0 Å². The lowest BCUT2D eigenvalue weighted by atomic mass is 9.66. The zero-order valence-electron chi connectivity index (χ0n) is 15.4. The highest BCUT2D eigenvalue weighted by molar-refractivity contribution is 8.03. The largest absolute Gasteiger partial charge is 0.294 e. The number of hydrogen-bond acceptors (Lipinski definition) is 2. The van der Waals surface area contributed by atoms with Crippen LogP contribution in [0.5, 0.6) is 0 Å². The molecular weight excluding hydrogens is 300 g/mol. The number of Topliss-reactive ketones (excluding diaryl/α,β-unsaturated/α-hetero) is 1. The number of rotatable bonds is 4. The third-order valence-electron chi connectivity index (χ3n) is 6.48. The molecule has 1 nitrogen and oxygen atoms in total. The maximum Gasteiger partial charge on any atom is 0.161 e. The van der Waals surface area contributed by atoms with E-state index in [9.17, 15) is 4.79 Å². The molecule has 0 radical (unpaired) electrons. The van der Waals surface area contributed by atoms with Crippen LogP contribution in [0.15, 0.2) is 21.6 Å². The van der Waals surface area contributed by atoms with Gasteiger partial charge >= 0.3 is 0 Å². The molecule has 0 heterocycles. The van der Waals surface area contributed by atoms with Gasteiger partial charge in [-0.15, -0.1) is 11.8 Å². The molecule has 0 saturated heterocycles. The Balaban J connectivity index is 1.97. The lowest BCUT2D eigenvalue weighted by molar-refractivity contribution is -0.117. The summed E-state index contributed by atoms with van der Waals surface area (Å²) in [7, 11) is 0. The number of fused-ring (bicyclic) bond motifs is 2. The van der Waals surface area contributed by atoms with Crippen LogP contribution >= 0.6 is 11.8 Å². The van der Waals surface area contributed by atoms with Gasteiger partial charge in [0.15, 0.2) is 5.78 Å². The van der Waals surface area contributed by atoms with Crippen LogP contribution < -0.4 is 0 Å². The van der Waals surface area contributed by atoms with Crippen LogP contribution in [0.1, 0.15) is 85.5 Å². The Kier molecular flexibility index (Phi) is 4.84. The van der Waals surface area contributed by atoms with E-state index in [1.54, 1.807) is 11.1 Å². The molecule has 3 aliphatic rings. The average molecular weight is 333 g/mol. The highest BCUT2D eigenvalue weighted by Crippen LogP contribution is 2.59. The van der Waals surface area contributed by atoms with E-state index in [1.165, 1.54) is 54.8 Å². The normalized spacial score (nSPS) is 34.5.